The summed E-state index contributed by atoms with van der Waals surface area (Å²) in [5.74, 6) is -0.0750. The van der Waals surface area contributed by atoms with E-state index in [2.05, 4.69) is 28.9 Å². The Morgan fingerprint density at radius 2 is 2.05 bits per heavy atom. The van der Waals surface area contributed by atoms with Crippen molar-refractivity contribution in [3.8, 4) is 0 Å². The third kappa shape index (κ3) is 3.47. The highest BCUT2D eigenvalue weighted by atomic mass is 79.9. The summed E-state index contributed by atoms with van der Waals surface area (Å²) in [7, 11) is 1.47. The van der Waals surface area contributed by atoms with Crippen LogP contribution in [0, 0.1) is 5.92 Å². The molecule has 0 N–H and O–H groups in total. The molecule has 0 aromatic heterocycles. The highest BCUT2D eigenvalue weighted by Gasteiger charge is 2.30. The number of allylic oxidation sites excluding steroid dienone is 2. The van der Waals surface area contributed by atoms with Gasteiger partial charge in [0.15, 0.2) is 0 Å². The minimum absolute atomic E-state index is 0.140. The first-order valence-electron chi connectivity index (χ1n) is 6.62. The molecule has 0 bridgehead atoms. The summed E-state index contributed by atoms with van der Waals surface area (Å²) in [6.45, 7) is 2.14. The van der Waals surface area contributed by atoms with Gasteiger partial charge in [-0.1, -0.05) is 39.7 Å². The zero-order valence-electron chi connectivity index (χ0n) is 11.4. The molecule has 102 valence electrons. The average Bonchev–Trinajstić information content (AvgIpc) is 2.41. The molecule has 0 aliphatic heterocycles. The van der Waals surface area contributed by atoms with Crippen molar-refractivity contribution in [2.45, 2.75) is 32.1 Å². The molecule has 0 heterocycles. The molecule has 3 heteroatoms. The van der Waals surface area contributed by atoms with Crippen LogP contribution in [-0.4, -0.2) is 13.1 Å². The Morgan fingerprint density at radius 1 is 1.37 bits per heavy atom. The van der Waals surface area contributed by atoms with Crippen LogP contribution < -0.4 is 0 Å². The minimum Gasteiger partial charge on any atom is -0.469 e. The molecular weight excluding hydrogens is 304 g/mol. The van der Waals surface area contributed by atoms with Crippen LogP contribution in [0.5, 0.6) is 0 Å². The predicted octanol–water partition coefficient (Wildman–Crippen LogP) is 4.45. The van der Waals surface area contributed by atoms with Crippen molar-refractivity contribution in [3.63, 3.8) is 0 Å². The zero-order chi connectivity index (χ0) is 13.8. The van der Waals surface area contributed by atoms with E-state index in [1.54, 1.807) is 0 Å². The molecule has 0 unspecified atom stereocenters. The Bertz CT molecular complexity index is 476. The molecule has 0 spiro atoms. The molecule has 0 saturated carbocycles. The molecule has 2 rings (SSSR count). The maximum Gasteiger partial charge on any atom is 0.313 e. The summed E-state index contributed by atoms with van der Waals surface area (Å²) in [6, 6.07) is 7.96. The van der Waals surface area contributed by atoms with Gasteiger partial charge in [-0.05, 0) is 49.8 Å². The maximum atomic E-state index is 12.1. The first-order valence-corrected chi connectivity index (χ1v) is 7.41. The highest BCUT2D eigenvalue weighted by molar-refractivity contribution is 9.10. The van der Waals surface area contributed by atoms with Gasteiger partial charge in [-0.2, -0.15) is 0 Å². The third-order valence-electron chi connectivity index (χ3n) is 3.72. The number of halogens is 1. The van der Waals surface area contributed by atoms with Crippen LogP contribution in [0.4, 0.5) is 0 Å². The Hall–Kier alpha value is -1.09. The lowest BCUT2D eigenvalue weighted by molar-refractivity contribution is -0.143. The molecule has 2 atom stereocenters. The van der Waals surface area contributed by atoms with Crippen molar-refractivity contribution in [3.05, 3.63) is 46.0 Å². The smallest absolute Gasteiger partial charge is 0.313 e. The summed E-state index contributed by atoms with van der Waals surface area (Å²) in [6.07, 6.45) is 5.59. The fraction of sp³-hybridized carbons (Fsp3) is 0.438. The predicted molar refractivity (Wildman–Crippen MR) is 80.0 cm³/mol. The highest BCUT2D eigenvalue weighted by Crippen LogP contribution is 2.35. The second kappa shape index (κ2) is 6.38. The van der Waals surface area contributed by atoms with Crippen LogP contribution in [-0.2, 0) is 9.53 Å². The number of methoxy groups -OCH3 is 1. The van der Waals surface area contributed by atoms with E-state index < -0.39 is 0 Å². The van der Waals surface area contributed by atoms with E-state index in [1.165, 1.54) is 12.7 Å². The van der Waals surface area contributed by atoms with Gasteiger partial charge < -0.3 is 4.74 Å². The van der Waals surface area contributed by atoms with Gasteiger partial charge in [0.25, 0.3) is 0 Å². The van der Waals surface area contributed by atoms with E-state index in [0.29, 0.717) is 0 Å². The van der Waals surface area contributed by atoms with E-state index >= 15 is 0 Å². The number of hydrogen-bond acceptors (Lipinski definition) is 2. The Kier molecular flexibility index (Phi) is 4.81. The Labute approximate surface area is 123 Å². The van der Waals surface area contributed by atoms with Crippen LogP contribution in [0.2, 0.25) is 0 Å². The fourth-order valence-electron chi connectivity index (χ4n) is 2.77. The molecule has 2 nitrogen and oxygen atoms in total. The summed E-state index contributed by atoms with van der Waals surface area (Å²) < 4.78 is 6.03. The van der Waals surface area contributed by atoms with E-state index in [0.717, 1.165) is 29.3 Å². The van der Waals surface area contributed by atoms with Crippen LogP contribution in [0.25, 0.3) is 0 Å². The quantitative estimate of drug-likeness (QED) is 0.607. The van der Waals surface area contributed by atoms with Gasteiger partial charge in [0, 0.05) is 4.47 Å². The normalized spacial score (nSPS) is 20.6. The van der Waals surface area contributed by atoms with E-state index in [1.807, 2.05) is 24.3 Å². The van der Waals surface area contributed by atoms with E-state index in [4.69, 9.17) is 4.74 Å². The summed E-state index contributed by atoms with van der Waals surface area (Å²) in [5.41, 5.74) is 2.41. The average molecular weight is 323 g/mol. The Morgan fingerprint density at radius 3 is 2.63 bits per heavy atom. The van der Waals surface area contributed by atoms with Gasteiger partial charge in [0.2, 0.25) is 0 Å². The van der Waals surface area contributed by atoms with Crippen LogP contribution in [0.1, 0.15) is 37.7 Å². The van der Waals surface area contributed by atoms with Crippen molar-refractivity contribution in [1.29, 1.82) is 0 Å². The zero-order valence-corrected chi connectivity index (χ0v) is 12.9. The van der Waals surface area contributed by atoms with Gasteiger partial charge in [0.1, 0.15) is 0 Å². The van der Waals surface area contributed by atoms with Gasteiger partial charge in [-0.15, -0.1) is 0 Å². The molecule has 0 fully saturated rings. The van der Waals surface area contributed by atoms with E-state index in [-0.39, 0.29) is 17.8 Å². The fourth-order valence-corrected chi connectivity index (χ4v) is 3.03. The van der Waals surface area contributed by atoms with Crippen LogP contribution in [0.3, 0.4) is 0 Å². The second-order valence-electron chi connectivity index (χ2n) is 5.12. The largest absolute Gasteiger partial charge is 0.469 e. The van der Waals surface area contributed by atoms with Gasteiger partial charge in [0.05, 0.1) is 13.0 Å². The number of benzene rings is 1. The van der Waals surface area contributed by atoms with Crippen molar-refractivity contribution < 1.29 is 9.53 Å². The number of carbonyl (C=O) groups excluding carboxylic acids is 1. The summed E-state index contributed by atoms with van der Waals surface area (Å²) >= 11 is 3.43. The molecule has 1 aliphatic rings. The molecule has 1 aliphatic carbocycles. The lowest BCUT2D eigenvalue weighted by atomic mass is 9.78. The minimum atomic E-state index is -0.187. The lowest BCUT2D eigenvalue weighted by Crippen LogP contribution is -2.23. The summed E-state index contributed by atoms with van der Waals surface area (Å²) in [5, 5.41) is 0. The number of ether oxygens (including phenoxy) is 1. The molecule has 0 amide bonds. The van der Waals surface area contributed by atoms with Gasteiger partial charge in [-0.25, -0.2) is 0 Å². The first-order chi connectivity index (χ1) is 9.11. The monoisotopic (exact) mass is 322 g/mol. The molecule has 19 heavy (non-hydrogen) atoms. The molecular formula is C16H19BrO2. The van der Waals surface area contributed by atoms with Gasteiger partial charge >= 0.3 is 5.97 Å². The SMILES string of the molecule is COC(=O)[C@@H](c1ccc(Br)cc1)[C@H]1C=C(C)CCC1. The van der Waals surface area contributed by atoms with Crippen molar-refractivity contribution in [1.82, 2.24) is 0 Å². The second-order valence-corrected chi connectivity index (χ2v) is 6.04. The number of esters is 1. The topological polar surface area (TPSA) is 26.3 Å². The van der Waals surface area contributed by atoms with Crippen LogP contribution >= 0.6 is 15.9 Å². The molecule has 0 saturated heterocycles. The van der Waals surface area contributed by atoms with Crippen molar-refractivity contribution >= 4 is 21.9 Å². The number of rotatable bonds is 3. The van der Waals surface area contributed by atoms with Gasteiger partial charge in [-0.3, -0.25) is 4.79 Å². The molecule has 1 aromatic rings. The third-order valence-corrected chi connectivity index (χ3v) is 4.25. The van der Waals surface area contributed by atoms with Crippen molar-refractivity contribution in [2.24, 2.45) is 5.92 Å². The lowest BCUT2D eigenvalue weighted by Gasteiger charge is -2.26. The van der Waals surface area contributed by atoms with Crippen LogP contribution in [0.15, 0.2) is 40.4 Å². The number of hydrogen-bond donors (Lipinski definition) is 0. The van der Waals surface area contributed by atoms with E-state index in [9.17, 15) is 4.79 Å². The standard InChI is InChI=1S/C16H19BrO2/c1-11-4-3-5-13(10-11)15(16(18)19-2)12-6-8-14(17)9-7-12/h6-10,13,15H,3-5H2,1-2H3/t13-,15+/m1/s1. The summed E-state index contributed by atoms with van der Waals surface area (Å²) in [4.78, 5) is 12.1. The molecule has 1 aromatic carbocycles. The maximum absolute atomic E-state index is 12.1. The number of carbonyl (C=O) groups is 1. The molecule has 0 radical (unpaired) electrons. The van der Waals surface area contributed by atoms with Crippen molar-refractivity contribution in [2.75, 3.05) is 7.11 Å². The first kappa shape index (κ1) is 14.3. The Balaban J connectivity index is 2.33.